The SMILES string of the molecule is CSc1ccc(Cl)c(C(=O)NCC(F)(F)F)c1. The third-order valence-corrected chi connectivity index (χ3v) is 2.92. The van der Waals surface area contributed by atoms with Gasteiger partial charge in [0.2, 0.25) is 0 Å². The Morgan fingerprint density at radius 2 is 2.12 bits per heavy atom. The minimum atomic E-state index is -4.43. The number of nitrogens with one attached hydrogen (secondary N) is 1. The molecule has 0 unspecified atom stereocenters. The zero-order chi connectivity index (χ0) is 13.1. The number of hydrogen-bond donors (Lipinski definition) is 1. The first-order valence-corrected chi connectivity index (χ1v) is 6.12. The molecule has 0 aromatic heterocycles. The Hall–Kier alpha value is -0.880. The van der Waals surface area contributed by atoms with Crippen LogP contribution in [0, 0.1) is 0 Å². The van der Waals surface area contributed by atoms with Gasteiger partial charge in [-0.15, -0.1) is 11.8 Å². The normalized spacial score (nSPS) is 11.4. The summed E-state index contributed by atoms with van der Waals surface area (Å²) in [4.78, 5) is 12.2. The summed E-state index contributed by atoms with van der Waals surface area (Å²) < 4.78 is 35.8. The lowest BCUT2D eigenvalue weighted by atomic mass is 10.2. The maximum absolute atomic E-state index is 11.9. The molecule has 0 fully saturated rings. The fraction of sp³-hybridized carbons (Fsp3) is 0.300. The van der Waals surface area contributed by atoms with E-state index in [-0.39, 0.29) is 10.6 Å². The standard InChI is InChI=1S/C10H9ClF3NOS/c1-17-6-2-3-8(11)7(4-6)9(16)15-5-10(12,13)14/h2-4H,5H2,1H3,(H,15,16). The van der Waals surface area contributed by atoms with E-state index in [1.165, 1.54) is 23.9 Å². The summed E-state index contributed by atoms with van der Waals surface area (Å²) in [7, 11) is 0. The Balaban J connectivity index is 2.81. The molecule has 0 spiro atoms. The van der Waals surface area contributed by atoms with E-state index in [9.17, 15) is 18.0 Å². The average Bonchev–Trinajstić information content (AvgIpc) is 2.25. The minimum absolute atomic E-state index is 0.0442. The van der Waals surface area contributed by atoms with Gasteiger partial charge in [0.25, 0.3) is 5.91 Å². The lowest BCUT2D eigenvalue weighted by Gasteiger charge is -2.10. The van der Waals surface area contributed by atoms with Gasteiger partial charge in [-0.2, -0.15) is 13.2 Å². The van der Waals surface area contributed by atoms with E-state index in [0.717, 1.165) is 4.90 Å². The molecule has 0 radical (unpaired) electrons. The quantitative estimate of drug-likeness (QED) is 0.862. The highest BCUT2D eigenvalue weighted by Crippen LogP contribution is 2.23. The third-order valence-electron chi connectivity index (χ3n) is 1.87. The van der Waals surface area contributed by atoms with E-state index < -0.39 is 18.6 Å². The van der Waals surface area contributed by atoms with Crippen LogP contribution < -0.4 is 5.32 Å². The predicted molar refractivity (Wildman–Crippen MR) is 61.6 cm³/mol. The summed E-state index contributed by atoms with van der Waals surface area (Å²) in [6, 6.07) is 4.63. The molecular weight excluding hydrogens is 275 g/mol. The Kier molecular flexibility index (Phi) is 4.70. The van der Waals surface area contributed by atoms with Gasteiger partial charge in [0.15, 0.2) is 0 Å². The second-order valence-electron chi connectivity index (χ2n) is 3.14. The molecule has 1 rings (SSSR count). The van der Waals surface area contributed by atoms with Crippen LogP contribution >= 0.6 is 23.4 Å². The molecule has 0 aliphatic carbocycles. The Morgan fingerprint density at radius 1 is 1.47 bits per heavy atom. The summed E-state index contributed by atoms with van der Waals surface area (Å²) in [6.45, 7) is -1.37. The van der Waals surface area contributed by atoms with Crippen molar-refractivity contribution in [1.29, 1.82) is 0 Å². The molecule has 0 heterocycles. The second kappa shape index (κ2) is 5.64. The van der Waals surface area contributed by atoms with Gasteiger partial charge in [-0.25, -0.2) is 0 Å². The van der Waals surface area contributed by atoms with Crippen molar-refractivity contribution >= 4 is 29.3 Å². The van der Waals surface area contributed by atoms with E-state index >= 15 is 0 Å². The molecule has 0 saturated carbocycles. The maximum atomic E-state index is 11.9. The molecule has 1 aromatic rings. The molecule has 0 bridgehead atoms. The van der Waals surface area contributed by atoms with Gasteiger partial charge >= 0.3 is 6.18 Å². The van der Waals surface area contributed by atoms with Crippen molar-refractivity contribution in [2.45, 2.75) is 11.1 Å². The first-order valence-electron chi connectivity index (χ1n) is 4.52. The minimum Gasteiger partial charge on any atom is -0.343 e. The molecule has 94 valence electrons. The second-order valence-corrected chi connectivity index (χ2v) is 4.43. The molecular formula is C10H9ClF3NOS. The highest BCUT2D eigenvalue weighted by molar-refractivity contribution is 7.98. The van der Waals surface area contributed by atoms with Crippen LogP contribution in [0.15, 0.2) is 23.1 Å². The van der Waals surface area contributed by atoms with Gasteiger partial charge in [-0.1, -0.05) is 11.6 Å². The van der Waals surface area contributed by atoms with Gasteiger partial charge in [0, 0.05) is 4.90 Å². The number of benzene rings is 1. The van der Waals surface area contributed by atoms with Crippen LogP contribution in [0.5, 0.6) is 0 Å². The van der Waals surface area contributed by atoms with E-state index in [2.05, 4.69) is 0 Å². The van der Waals surface area contributed by atoms with E-state index in [1.807, 2.05) is 0 Å². The molecule has 0 aliphatic rings. The van der Waals surface area contributed by atoms with E-state index in [0.29, 0.717) is 0 Å². The van der Waals surface area contributed by atoms with Gasteiger partial charge < -0.3 is 5.32 Å². The van der Waals surface area contributed by atoms with Gasteiger partial charge in [-0.05, 0) is 24.5 Å². The van der Waals surface area contributed by atoms with Crippen LogP contribution in [0.1, 0.15) is 10.4 Å². The number of alkyl halides is 3. The van der Waals surface area contributed by atoms with Crippen LogP contribution in [0.2, 0.25) is 5.02 Å². The summed E-state index contributed by atoms with van der Waals surface area (Å²) in [5, 5.41) is 1.90. The smallest absolute Gasteiger partial charge is 0.343 e. The molecule has 7 heteroatoms. The van der Waals surface area contributed by atoms with Crippen LogP contribution in [0.3, 0.4) is 0 Å². The monoisotopic (exact) mass is 283 g/mol. The summed E-state index contributed by atoms with van der Waals surface area (Å²) >= 11 is 7.12. The Bertz CT molecular complexity index is 423. The molecule has 1 N–H and O–H groups in total. The van der Waals surface area contributed by atoms with Crippen molar-refractivity contribution in [3.63, 3.8) is 0 Å². The fourth-order valence-corrected chi connectivity index (χ4v) is 1.72. The Morgan fingerprint density at radius 3 is 2.65 bits per heavy atom. The van der Waals surface area contributed by atoms with Gasteiger partial charge in [-0.3, -0.25) is 4.79 Å². The molecule has 2 nitrogen and oxygen atoms in total. The number of amides is 1. The number of carbonyl (C=O) groups excluding carboxylic acids is 1. The first kappa shape index (κ1) is 14.2. The van der Waals surface area contributed by atoms with Crippen LogP contribution in [-0.4, -0.2) is 24.9 Å². The number of rotatable bonds is 3. The summed E-state index contributed by atoms with van der Waals surface area (Å²) in [6.07, 6.45) is -2.64. The highest BCUT2D eigenvalue weighted by atomic mass is 35.5. The van der Waals surface area contributed by atoms with E-state index in [4.69, 9.17) is 11.6 Å². The summed E-state index contributed by atoms with van der Waals surface area (Å²) in [5.41, 5.74) is 0.0442. The first-order chi connectivity index (χ1) is 7.83. The Labute approximate surface area is 106 Å². The lowest BCUT2D eigenvalue weighted by Crippen LogP contribution is -2.33. The maximum Gasteiger partial charge on any atom is 0.405 e. The molecule has 0 saturated heterocycles. The molecule has 0 aliphatic heterocycles. The lowest BCUT2D eigenvalue weighted by molar-refractivity contribution is -0.123. The number of thioether (sulfide) groups is 1. The predicted octanol–water partition coefficient (Wildman–Crippen LogP) is 3.35. The highest BCUT2D eigenvalue weighted by Gasteiger charge is 2.28. The fourth-order valence-electron chi connectivity index (χ4n) is 1.08. The van der Waals surface area contributed by atoms with Crippen molar-refractivity contribution in [3.8, 4) is 0 Å². The van der Waals surface area contributed by atoms with Crippen molar-refractivity contribution < 1.29 is 18.0 Å². The van der Waals surface area contributed by atoms with Crippen LogP contribution in [0.4, 0.5) is 13.2 Å². The molecule has 1 amide bonds. The third kappa shape index (κ3) is 4.47. The summed E-state index contributed by atoms with van der Waals surface area (Å²) in [5.74, 6) is -0.830. The number of hydrogen-bond acceptors (Lipinski definition) is 2. The molecule has 1 aromatic carbocycles. The zero-order valence-electron chi connectivity index (χ0n) is 8.77. The van der Waals surface area contributed by atoms with Gasteiger partial charge in [0.05, 0.1) is 10.6 Å². The van der Waals surface area contributed by atoms with Crippen molar-refractivity contribution in [3.05, 3.63) is 28.8 Å². The van der Waals surface area contributed by atoms with Gasteiger partial charge in [0.1, 0.15) is 6.54 Å². The number of halogens is 4. The topological polar surface area (TPSA) is 29.1 Å². The van der Waals surface area contributed by atoms with Crippen molar-refractivity contribution in [2.24, 2.45) is 0 Å². The molecule has 0 atom stereocenters. The molecule has 17 heavy (non-hydrogen) atoms. The van der Waals surface area contributed by atoms with Crippen LogP contribution in [0.25, 0.3) is 0 Å². The van der Waals surface area contributed by atoms with Crippen molar-refractivity contribution in [1.82, 2.24) is 5.32 Å². The zero-order valence-corrected chi connectivity index (χ0v) is 10.3. The largest absolute Gasteiger partial charge is 0.405 e. The van der Waals surface area contributed by atoms with Crippen molar-refractivity contribution in [2.75, 3.05) is 12.8 Å². The average molecular weight is 284 g/mol. The van der Waals surface area contributed by atoms with E-state index in [1.54, 1.807) is 17.6 Å². The number of carbonyl (C=O) groups is 1. The van der Waals surface area contributed by atoms with Crippen LogP contribution in [-0.2, 0) is 0 Å².